The second kappa shape index (κ2) is 7.29. The van der Waals surface area contributed by atoms with Crippen molar-refractivity contribution >= 4 is 23.4 Å². The van der Waals surface area contributed by atoms with Gasteiger partial charge in [-0.15, -0.1) is 0 Å². The molecule has 0 bridgehead atoms. The molecule has 17 heavy (non-hydrogen) atoms. The fourth-order valence-electron chi connectivity index (χ4n) is 1.98. The van der Waals surface area contributed by atoms with Crippen LogP contribution in [0.3, 0.4) is 0 Å². The molecule has 0 spiro atoms. The molecule has 0 saturated heterocycles. The first kappa shape index (κ1) is 14.9. The molecular formula is C12H22ClN3S. The minimum atomic E-state index is 0.493. The van der Waals surface area contributed by atoms with Crippen molar-refractivity contribution in [2.75, 3.05) is 18.6 Å². The van der Waals surface area contributed by atoms with Crippen LogP contribution in [0.25, 0.3) is 0 Å². The third-order valence-electron chi connectivity index (χ3n) is 2.88. The second-order valence-electron chi connectivity index (χ2n) is 4.22. The maximum Gasteiger partial charge on any atom is 0.130 e. The van der Waals surface area contributed by atoms with E-state index in [4.69, 9.17) is 11.6 Å². The molecule has 5 heteroatoms. The first-order valence-corrected chi connectivity index (χ1v) is 7.77. The lowest BCUT2D eigenvalue weighted by Gasteiger charge is -2.17. The smallest absolute Gasteiger partial charge is 0.130 e. The van der Waals surface area contributed by atoms with Crippen molar-refractivity contribution in [3.05, 3.63) is 16.4 Å². The fraction of sp³-hybridized carbons (Fsp3) is 0.750. The SMILES string of the molecule is CCNC(CCSC)Cc1c(C)nn(C)c1Cl. The van der Waals surface area contributed by atoms with Gasteiger partial charge in [-0.2, -0.15) is 16.9 Å². The average molecular weight is 276 g/mol. The van der Waals surface area contributed by atoms with Crippen LogP contribution in [0.5, 0.6) is 0 Å². The molecule has 1 unspecified atom stereocenters. The molecule has 0 fully saturated rings. The largest absolute Gasteiger partial charge is 0.314 e. The molecule has 1 heterocycles. The lowest BCUT2D eigenvalue weighted by molar-refractivity contribution is 0.512. The van der Waals surface area contributed by atoms with Crippen molar-refractivity contribution in [3.63, 3.8) is 0 Å². The van der Waals surface area contributed by atoms with Crippen molar-refractivity contribution < 1.29 is 0 Å². The van der Waals surface area contributed by atoms with Gasteiger partial charge in [0, 0.05) is 18.7 Å². The number of likely N-dealkylation sites (N-methyl/N-ethyl adjacent to an activating group) is 1. The maximum absolute atomic E-state index is 6.26. The normalized spacial score (nSPS) is 13.0. The summed E-state index contributed by atoms with van der Waals surface area (Å²) >= 11 is 8.15. The Bertz CT molecular complexity index is 352. The summed E-state index contributed by atoms with van der Waals surface area (Å²) in [5.74, 6) is 1.18. The Morgan fingerprint density at radius 3 is 2.71 bits per heavy atom. The molecule has 0 aliphatic carbocycles. The van der Waals surface area contributed by atoms with Crippen molar-refractivity contribution in [2.45, 2.75) is 32.7 Å². The monoisotopic (exact) mass is 275 g/mol. The zero-order chi connectivity index (χ0) is 12.8. The zero-order valence-corrected chi connectivity index (χ0v) is 12.7. The first-order chi connectivity index (χ1) is 8.10. The van der Waals surface area contributed by atoms with Crippen molar-refractivity contribution in [3.8, 4) is 0 Å². The molecule has 0 aliphatic rings. The highest BCUT2D eigenvalue weighted by Gasteiger charge is 2.16. The third-order valence-corrected chi connectivity index (χ3v) is 4.00. The van der Waals surface area contributed by atoms with Crippen LogP contribution in [-0.4, -0.2) is 34.4 Å². The molecule has 1 aromatic rings. The number of hydrogen-bond acceptors (Lipinski definition) is 3. The summed E-state index contributed by atoms with van der Waals surface area (Å²) in [6, 6.07) is 0.493. The molecule has 3 nitrogen and oxygen atoms in total. The van der Waals surface area contributed by atoms with Gasteiger partial charge in [0.05, 0.1) is 5.69 Å². The standard InChI is InChI=1S/C12H22ClN3S/c1-5-14-10(6-7-17-4)8-11-9(2)15-16(3)12(11)13/h10,14H,5-8H2,1-4H3. The maximum atomic E-state index is 6.26. The third kappa shape index (κ3) is 4.19. The molecule has 98 valence electrons. The predicted octanol–water partition coefficient (Wildman–Crippen LogP) is 2.66. The van der Waals surface area contributed by atoms with E-state index in [0.29, 0.717) is 6.04 Å². The highest BCUT2D eigenvalue weighted by molar-refractivity contribution is 7.98. The van der Waals surface area contributed by atoms with Gasteiger partial charge in [0.15, 0.2) is 0 Å². The molecule has 0 radical (unpaired) electrons. The summed E-state index contributed by atoms with van der Waals surface area (Å²) in [6.45, 7) is 5.17. The fourth-order valence-corrected chi connectivity index (χ4v) is 2.75. The Labute approximate surface area is 113 Å². The van der Waals surface area contributed by atoms with Crippen LogP contribution in [0.4, 0.5) is 0 Å². The Balaban J connectivity index is 2.70. The molecule has 0 aliphatic heterocycles. The number of nitrogens with one attached hydrogen (secondary N) is 1. The van der Waals surface area contributed by atoms with Gasteiger partial charge in [0.25, 0.3) is 0 Å². The topological polar surface area (TPSA) is 29.9 Å². The van der Waals surface area contributed by atoms with E-state index in [2.05, 4.69) is 23.6 Å². The molecule has 1 aromatic heterocycles. The number of halogens is 1. The van der Waals surface area contributed by atoms with Gasteiger partial charge in [-0.1, -0.05) is 18.5 Å². The lowest BCUT2D eigenvalue weighted by atomic mass is 10.0. The van der Waals surface area contributed by atoms with E-state index >= 15 is 0 Å². The number of hydrogen-bond donors (Lipinski definition) is 1. The summed E-state index contributed by atoms with van der Waals surface area (Å²) < 4.78 is 1.75. The van der Waals surface area contributed by atoms with Gasteiger partial charge in [-0.05, 0) is 38.3 Å². The molecule has 0 aromatic carbocycles. The van der Waals surface area contributed by atoms with E-state index in [1.165, 1.54) is 17.7 Å². The van der Waals surface area contributed by atoms with Crippen LogP contribution in [-0.2, 0) is 13.5 Å². The van der Waals surface area contributed by atoms with Gasteiger partial charge in [-0.3, -0.25) is 4.68 Å². The molecule has 0 saturated carbocycles. The summed E-state index contributed by atoms with van der Waals surface area (Å²) in [5.41, 5.74) is 2.23. The quantitative estimate of drug-likeness (QED) is 0.830. The van der Waals surface area contributed by atoms with E-state index in [0.717, 1.165) is 23.8 Å². The Morgan fingerprint density at radius 2 is 2.24 bits per heavy atom. The lowest BCUT2D eigenvalue weighted by Crippen LogP contribution is -2.31. The Hall–Kier alpha value is -0.190. The minimum Gasteiger partial charge on any atom is -0.314 e. The zero-order valence-electron chi connectivity index (χ0n) is 11.1. The van der Waals surface area contributed by atoms with Crippen LogP contribution in [0.1, 0.15) is 24.6 Å². The molecule has 1 N–H and O–H groups in total. The van der Waals surface area contributed by atoms with Gasteiger partial charge < -0.3 is 5.32 Å². The van der Waals surface area contributed by atoms with E-state index < -0.39 is 0 Å². The summed E-state index contributed by atoms with van der Waals surface area (Å²) in [4.78, 5) is 0. The van der Waals surface area contributed by atoms with E-state index in [1.807, 2.05) is 25.7 Å². The van der Waals surface area contributed by atoms with Gasteiger partial charge in [-0.25, -0.2) is 0 Å². The molecule has 1 rings (SSSR count). The highest BCUT2D eigenvalue weighted by atomic mass is 35.5. The number of aromatic nitrogens is 2. The number of thioether (sulfide) groups is 1. The van der Waals surface area contributed by atoms with E-state index in [9.17, 15) is 0 Å². The summed E-state index contributed by atoms with van der Waals surface area (Å²) in [7, 11) is 1.89. The summed E-state index contributed by atoms with van der Waals surface area (Å²) in [5, 5.41) is 8.65. The van der Waals surface area contributed by atoms with Crippen molar-refractivity contribution in [2.24, 2.45) is 7.05 Å². The average Bonchev–Trinajstić information content (AvgIpc) is 2.53. The summed E-state index contributed by atoms with van der Waals surface area (Å²) in [6.07, 6.45) is 4.28. The molecular weight excluding hydrogens is 254 g/mol. The molecule has 0 amide bonds. The Kier molecular flexibility index (Phi) is 6.38. The number of rotatable bonds is 7. The molecule has 1 atom stereocenters. The van der Waals surface area contributed by atoms with Crippen molar-refractivity contribution in [1.82, 2.24) is 15.1 Å². The minimum absolute atomic E-state index is 0.493. The van der Waals surface area contributed by atoms with Gasteiger partial charge >= 0.3 is 0 Å². The van der Waals surface area contributed by atoms with Gasteiger partial charge in [0.1, 0.15) is 5.15 Å². The number of aryl methyl sites for hydroxylation is 2. The van der Waals surface area contributed by atoms with E-state index in [-0.39, 0.29) is 0 Å². The number of nitrogens with zero attached hydrogens (tertiary/aromatic N) is 2. The first-order valence-electron chi connectivity index (χ1n) is 6.00. The van der Waals surface area contributed by atoms with Crippen LogP contribution in [0.15, 0.2) is 0 Å². The van der Waals surface area contributed by atoms with Crippen LogP contribution >= 0.6 is 23.4 Å². The van der Waals surface area contributed by atoms with Crippen molar-refractivity contribution in [1.29, 1.82) is 0 Å². The van der Waals surface area contributed by atoms with E-state index in [1.54, 1.807) is 4.68 Å². The van der Waals surface area contributed by atoms with Crippen LogP contribution in [0.2, 0.25) is 5.15 Å². The predicted molar refractivity (Wildman–Crippen MR) is 77.1 cm³/mol. The van der Waals surface area contributed by atoms with Gasteiger partial charge in [0.2, 0.25) is 0 Å². The van der Waals surface area contributed by atoms with Crippen LogP contribution in [0, 0.1) is 6.92 Å². The highest BCUT2D eigenvalue weighted by Crippen LogP contribution is 2.21. The second-order valence-corrected chi connectivity index (χ2v) is 5.56. The Morgan fingerprint density at radius 1 is 1.53 bits per heavy atom. The van der Waals surface area contributed by atoms with Crippen LogP contribution < -0.4 is 5.32 Å².